The fraction of sp³-hybridized carbons (Fsp3) is 0.333. The monoisotopic (exact) mass is 406 g/mol. The number of hydrogen-bond acceptors (Lipinski definition) is 2. The van der Waals surface area contributed by atoms with E-state index in [9.17, 15) is 9.59 Å². The van der Waals surface area contributed by atoms with Crippen LogP contribution >= 0.6 is 23.2 Å². The van der Waals surface area contributed by atoms with Gasteiger partial charge in [-0.3, -0.25) is 9.59 Å². The number of carbonyl (C=O) groups excluding carboxylic acids is 2. The van der Waals surface area contributed by atoms with Crippen molar-refractivity contribution in [2.75, 3.05) is 0 Å². The molecule has 0 aliphatic rings. The summed E-state index contributed by atoms with van der Waals surface area (Å²) in [5.41, 5.74) is 1.76. The first-order valence-corrected chi connectivity index (χ1v) is 9.73. The standard InChI is InChI=1S/C21H24Cl2N2O2/c1-3-7-20(26)25(14-16-8-5-4-6-9-16)15(2)21(27)24-13-17-10-11-18(22)12-19(17)23/h4-6,8-12,15H,3,7,13-14H2,1-2H3,(H,24,27). The Kier molecular flexibility index (Phi) is 8.14. The van der Waals surface area contributed by atoms with Crippen molar-refractivity contribution in [3.05, 3.63) is 69.7 Å². The molecule has 0 bridgehead atoms. The van der Waals surface area contributed by atoms with Gasteiger partial charge in [0.1, 0.15) is 6.04 Å². The summed E-state index contributed by atoms with van der Waals surface area (Å²) in [6, 6.07) is 14.2. The fourth-order valence-electron chi connectivity index (χ4n) is 2.72. The van der Waals surface area contributed by atoms with Gasteiger partial charge in [-0.1, -0.05) is 66.5 Å². The highest BCUT2D eigenvalue weighted by Crippen LogP contribution is 2.21. The molecule has 2 rings (SSSR count). The number of rotatable bonds is 8. The average molecular weight is 407 g/mol. The first kappa shape index (κ1) is 21.3. The Bertz CT molecular complexity index is 781. The van der Waals surface area contributed by atoms with Crippen molar-refractivity contribution < 1.29 is 9.59 Å². The molecule has 2 amide bonds. The first-order chi connectivity index (χ1) is 12.9. The number of carbonyl (C=O) groups is 2. The molecule has 6 heteroatoms. The van der Waals surface area contributed by atoms with E-state index in [1.807, 2.05) is 37.3 Å². The van der Waals surface area contributed by atoms with Crippen LogP contribution in [0.15, 0.2) is 48.5 Å². The molecule has 2 aromatic rings. The number of hydrogen-bond donors (Lipinski definition) is 1. The lowest BCUT2D eigenvalue weighted by molar-refractivity contribution is -0.140. The largest absolute Gasteiger partial charge is 0.350 e. The lowest BCUT2D eigenvalue weighted by Gasteiger charge is -2.29. The van der Waals surface area contributed by atoms with Crippen LogP contribution in [0.25, 0.3) is 0 Å². The molecule has 1 atom stereocenters. The summed E-state index contributed by atoms with van der Waals surface area (Å²) >= 11 is 12.1. The zero-order valence-corrected chi connectivity index (χ0v) is 17.1. The Balaban J connectivity index is 2.07. The SMILES string of the molecule is CCCC(=O)N(Cc1ccccc1)C(C)C(=O)NCc1ccc(Cl)cc1Cl. The molecule has 0 saturated heterocycles. The molecule has 2 aromatic carbocycles. The van der Waals surface area contributed by atoms with Crippen LogP contribution in [0.4, 0.5) is 0 Å². The van der Waals surface area contributed by atoms with E-state index >= 15 is 0 Å². The maximum atomic E-state index is 12.7. The normalized spacial score (nSPS) is 11.7. The maximum Gasteiger partial charge on any atom is 0.242 e. The zero-order valence-electron chi connectivity index (χ0n) is 15.5. The Morgan fingerprint density at radius 1 is 1.11 bits per heavy atom. The van der Waals surface area contributed by atoms with Crippen LogP contribution in [0, 0.1) is 0 Å². The molecule has 0 saturated carbocycles. The number of nitrogens with zero attached hydrogens (tertiary/aromatic N) is 1. The molecule has 0 aromatic heterocycles. The third-order valence-corrected chi connectivity index (χ3v) is 4.88. The Labute approximate surface area is 170 Å². The molecule has 0 aliphatic carbocycles. The van der Waals surface area contributed by atoms with Crippen LogP contribution < -0.4 is 5.32 Å². The quantitative estimate of drug-likeness (QED) is 0.682. The average Bonchev–Trinajstić information content (AvgIpc) is 2.65. The van der Waals surface area contributed by atoms with E-state index in [0.717, 1.165) is 17.5 Å². The summed E-state index contributed by atoms with van der Waals surface area (Å²) in [5.74, 6) is -0.255. The second kappa shape index (κ2) is 10.3. The van der Waals surface area contributed by atoms with Gasteiger partial charge < -0.3 is 10.2 Å². The lowest BCUT2D eigenvalue weighted by atomic mass is 10.1. The lowest BCUT2D eigenvalue weighted by Crippen LogP contribution is -2.47. The third-order valence-electron chi connectivity index (χ3n) is 4.30. The summed E-state index contributed by atoms with van der Waals surface area (Å²) < 4.78 is 0. The third kappa shape index (κ3) is 6.26. The molecule has 27 heavy (non-hydrogen) atoms. The van der Waals surface area contributed by atoms with Gasteiger partial charge in [-0.05, 0) is 36.6 Å². The van der Waals surface area contributed by atoms with E-state index in [1.54, 1.807) is 30.0 Å². The minimum Gasteiger partial charge on any atom is -0.350 e. The van der Waals surface area contributed by atoms with Gasteiger partial charge in [0, 0.05) is 29.6 Å². The summed E-state index contributed by atoms with van der Waals surface area (Å²) in [5, 5.41) is 3.90. The molecular formula is C21H24Cl2N2O2. The highest BCUT2D eigenvalue weighted by Gasteiger charge is 2.25. The number of amides is 2. The van der Waals surface area contributed by atoms with Crippen molar-refractivity contribution in [1.82, 2.24) is 10.2 Å². The molecule has 1 unspecified atom stereocenters. The smallest absolute Gasteiger partial charge is 0.242 e. The Morgan fingerprint density at radius 3 is 2.44 bits per heavy atom. The van der Waals surface area contributed by atoms with Crippen molar-refractivity contribution in [2.24, 2.45) is 0 Å². The second-order valence-corrected chi connectivity index (χ2v) is 7.23. The Morgan fingerprint density at radius 2 is 1.81 bits per heavy atom. The van der Waals surface area contributed by atoms with Gasteiger partial charge in [0.15, 0.2) is 0 Å². The number of nitrogens with one attached hydrogen (secondary N) is 1. The predicted molar refractivity (Wildman–Crippen MR) is 110 cm³/mol. The second-order valence-electron chi connectivity index (χ2n) is 6.39. The van der Waals surface area contributed by atoms with Gasteiger partial charge in [0.05, 0.1) is 0 Å². The van der Waals surface area contributed by atoms with E-state index in [4.69, 9.17) is 23.2 Å². The van der Waals surface area contributed by atoms with Crippen LogP contribution in [0.3, 0.4) is 0 Å². The maximum absolute atomic E-state index is 12.7. The molecule has 1 N–H and O–H groups in total. The summed E-state index contributed by atoms with van der Waals surface area (Å²) in [6.07, 6.45) is 1.15. The van der Waals surface area contributed by atoms with Crippen molar-refractivity contribution in [3.63, 3.8) is 0 Å². The topological polar surface area (TPSA) is 49.4 Å². The highest BCUT2D eigenvalue weighted by atomic mass is 35.5. The van der Waals surface area contributed by atoms with Crippen molar-refractivity contribution in [2.45, 2.75) is 45.8 Å². The number of halogens is 2. The van der Waals surface area contributed by atoms with E-state index in [-0.39, 0.29) is 18.4 Å². The van der Waals surface area contributed by atoms with Crippen LogP contribution in [-0.2, 0) is 22.7 Å². The van der Waals surface area contributed by atoms with Crippen LogP contribution in [0.2, 0.25) is 10.0 Å². The first-order valence-electron chi connectivity index (χ1n) is 8.97. The molecule has 0 aliphatic heterocycles. The summed E-state index contributed by atoms with van der Waals surface area (Å²) in [6.45, 7) is 4.37. The predicted octanol–water partition coefficient (Wildman–Crippen LogP) is 4.83. The summed E-state index contributed by atoms with van der Waals surface area (Å²) in [4.78, 5) is 26.9. The Hall–Kier alpha value is -2.04. The van der Waals surface area contributed by atoms with Gasteiger partial charge in [0.25, 0.3) is 0 Å². The minimum absolute atomic E-state index is 0.0338. The fourth-order valence-corrected chi connectivity index (χ4v) is 3.19. The minimum atomic E-state index is -0.588. The van der Waals surface area contributed by atoms with Crippen LogP contribution in [0.1, 0.15) is 37.8 Å². The van der Waals surface area contributed by atoms with Crippen LogP contribution in [-0.4, -0.2) is 22.8 Å². The van der Waals surface area contributed by atoms with E-state index in [2.05, 4.69) is 5.32 Å². The highest BCUT2D eigenvalue weighted by molar-refractivity contribution is 6.35. The van der Waals surface area contributed by atoms with Crippen molar-refractivity contribution >= 4 is 35.0 Å². The van der Waals surface area contributed by atoms with Gasteiger partial charge in [-0.25, -0.2) is 0 Å². The molecule has 0 heterocycles. The van der Waals surface area contributed by atoms with Gasteiger partial charge in [-0.15, -0.1) is 0 Å². The number of benzene rings is 2. The zero-order chi connectivity index (χ0) is 19.8. The van der Waals surface area contributed by atoms with E-state index < -0.39 is 6.04 Å². The van der Waals surface area contributed by atoms with Gasteiger partial charge in [-0.2, -0.15) is 0 Å². The molecule has 144 valence electrons. The van der Waals surface area contributed by atoms with Crippen LogP contribution in [0.5, 0.6) is 0 Å². The molecule has 0 spiro atoms. The molecule has 0 fully saturated rings. The van der Waals surface area contributed by atoms with Crippen molar-refractivity contribution in [1.29, 1.82) is 0 Å². The summed E-state index contributed by atoms with van der Waals surface area (Å²) in [7, 11) is 0. The van der Waals surface area contributed by atoms with Gasteiger partial charge in [0.2, 0.25) is 11.8 Å². The van der Waals surface area contributed by atoms with E-state index in [1.165, 1.54) is 0 Å². The van der Waals surface area contributed by atoms with Crippen molar-refractivity contribution in [3.8, 4) is 0 Å². The molecular weight excluding hydrogens is 383 g/mol. The molecule has 0 radical (unpaired) electrons. The van der Waals surface area contributed by atoms with E-state index in [0.29, 0.717) is 23.0 Å². The van der Waals surface area contributed by atoms with Gasteiger partial charge >= 0.3 is 0 Å². The molecule has 4 nitrogen and oxygen atoms in total.